The number of amides is 1. The smallest absolute Gasteiger partial charge is 0.307 e. The Labute approximate surface area is 137 Å². The minimum absolute atomic E-state index is 0.0127. The van der Waals surface area contributed by atoms with Crippen LogP contribution in [0.1, 0.15) is 13.3 Å². The molecule has 1 aliphatic rings. The van der Waals surface area contributed by atoms with E-state index in [1.54, 1.807) is 16.7 Å². The summed E-state index contributed by atoms with van der Waals surface area (Å²) in [6.45, 7) is 2.76. The molecule has 1 atom stereocenters. The van der Waals surface area contributed by atoms with Crippen LogP contribution in [0.3, 0.4) is 0 Å². The molecule has 0 saturated heterocycles. The number of carbonyl (C=O) groups is 1. The van der Waals surface area contributed by atoms with Crippen LogP contribution in [0.15, 0.2) is 41.6 Å². The van der Waals surface area contributed by atoms with E-state index in [-0.39, 0.29) is 18.1 Å². The van der Waals surface area contributed by atoms with Crippen LogP contribution in [0.25, 0.3) is 0 Å². The Hall–Kier alpha value is -2.35. The van der Waals surface area contributed by atoms with Gasteiger partial charge in [-0.3, -0.25) is 19.6 Å². The van der Waals surface area contributed by atoms with Gasteiger partial charge in [0.25, 0.3) is 0 Å². The Kier molecular flexibility index (Phi) is 4.33. The number of rotatable bonds is 3. The Morgan fingerprint density at radius 3 is 3.00 bits per heavy atom. The van der Waals surface area contributed by atoms with Gasteiger partial charge < -0.3 is 4.90 Å². The zero-order valence-electron chi connectivity index (χ0n) is 12.6. The number of carbonyl (C=O) groups excluding carboxylic acids is 1. The number of thioether (sulfide) groups is 1. The van der Waals surface area contributed by atoms with E-state index >= 15 is 0 Å². The number of para-hydroxylation sites is 1. The fourth-order valence-electron chi connectivity index (χ4n) is 2.50. The molecule has 3 rings (SSSR count). The van der Waals surface area contributed by atoms with E-state index in [0.29, 0.717) is 11.8 Å². The van der Waals surface area contributed by atoms with Gasteiger partial charge in [0, 0.05) is 16.7 Å². The van der Waals surface area contributed by atoms with Crippen molar-refractivity contribution in [1.82, 2.24) is 9.78 Å². The molecule has 0 radical (unpaired) electrons. The highest BCUT2D eigenvalue weighted by molar-refractivity contribution is 8.00. The second-order valence-electron chi connectivity index (χ2n) is 5.38. The van der Waals surface area contributed by atoms with Gasteiger partial charge in [-0.25, -0.2) is 0 Å². The lowest BCUT2D eigenvalue weighted by molar-refractivity contribution is -0.385. The average molecular weight is 332 g/mol. The van der Waals surface area contributed by atoms with Crippen LogP contribution in [0.4, 0.5) is 11.4 Å². The molecule has 0 spiro atoms. The molecular weight excluding hydrogens is 316 g/mol. The molecule has 0 fully saturated rings. The van der Waals surface area contributed by atoms with E-state index in [4.69, 9.17) is 0 Å². The second-order valence-corrected chi connectivity index (χ2v) is 6.86. The Morgan fingerprint density at radius 1 is 1.48 bits per heavy atom. The molecule has 0 aliphatic carbocycles. The van der Waals surface area contributed by atoms with Crippen LogP contribution in [-0.4, -0.2) is 32.4 Å². The van der Waals surface area contributed by atoms with Crippen LogP contribution in [0, 0.1) is 10.1 Å². The molecule has 1 unspecified atom stereocenters. The molecule has 0 saturated carbocycles. The summed E-state index contributed by atoms with van der Waals surface area (Å²) in [4.78, 5) is 25.7. The Balaban J connectivity index is 1.82. The number of nitrogens with zero attached hydrogens (tertiary/aromatic N) is 4. The predicted octanol–water partition coefficient (Wildman–Crippen LogP) is 2.71. The van der Waals surface area contributed by atoms with Crippen molar-refractivity contribution in [3.05, 3.63) is 46.8 Å². The molecule has 1 aromatic heterocycles. The topological polar surface area (TPSA) is 81.3 Å². The molecule has 8 heteroatoms. The van der Waals surface area contributed by atoms with Crippen molar-refractivity contribution in [2.45, 2.75) is 30.0 Å². The van der Waals surface area contributed by atoms with E-state index < -0.39 is 4.92 Å². The zero-order chi connectivity index (χ0) is 16.4. The maximum Gasteiger partial charge on any atom is 0.307 e. The van der Waals surface area contributed by atoms with Gasteiger partial charge in [-0.2, -0.15) is 5.10 Å². The number of anilines is 1. The molecule has 0 bridgehead atoms. The van der Waals surface area contributed by atoms with Crippen molar-refractivity contribution < 1.29 is 9.72 Å². The van der Waals surface area contributed by atoms with Crippen molar-refractivity contribution >= 4 is 29.0 Å². The standard InChI is InChI=1S/C15H16N4O3S/c1-11-6-7-18(13-4-2-3-5-14(13)23-11)15(20)10-17-9-12(8-16-17)19(21)22/h2-5,8-9,11H,6-7,10H2,1H3. The van der Waals surface area contributed by atoms with Crippen LogP contribution in [0.5, 0.6) is 0 Å². The van der Waals surface area contributed by atoms with E-state index in [9.17, 15) is 14.9 Å². The fourth-order valence-corrected chi connectivity index (χ4v) is 3.62. The molecular formula is C15H16N4O3S. The first-order valence-corrected chi connectivity index (χ1v) is 8.15. The minimum atomic E-state index is -0.520. The highest BCUT2D eigenvalue weighted by atomic mass is 32.2. The molecule has 1 aliphatic heterocycles. The molecule has 1 amide bonds. The van der Waals surface area contributed by atoms with Gasteiger partial charge in [-0.15, -0.1) is 11.8 Å². The van der Waals surface area contributed by atoms with Crippen molar-refractivity contribution in [3.63, 3.8) is 0 Å². The predicted molar refractivity (Wildman–Crippen MR) is 87.6 cm³/mol. The number of nitro groups is 1. The summed E-state index contributed by atoms with van der Waals surface area (Å²) in [6, 6.07) is 7.82. The number of hydrogen-bond donors (Lipinski definition) is 0. The number of benzene rings is 1. The third-order valence-electron chi connectivity index (χ3n) is 3.67. The summed E-state index contributed by atoms with van der Waals surface area (Å²) in [5.41, 5.74) is 0.784. The Bertz CT molecular complexity index is 746. The zero-order valence-corrected chi connectivity index (χ0v) is 13.4. The van der Waals surface area contributed by atoms with Gasteiger partial charge in [0.15, 0.2) is 0 Å². The first-order chi connectivity index (χ1) is 11.0. The Morgan fingerprint density at radius 2 is 2.26 bits per heavy atom. The summed E-state index contributed by atoms with van der Waals surface area (Å²) in [5.74, 6) is -0.120. The third kappa shape index (κ3) is 3.37. The molecule has 2 heterocycles. The quantitative estimate of drug-likeness (QED) is 0.637. The van der Waals surface area contributed by atoms with Crippen LogP contribution in [0.2, 0.25) is 0 Å². The van der Waals surface area contributed by atoms with E-state index in [1.807, 2.05) is 24.3 Å². The lowest BCUT2D eigenvalue weighted by Gasteiger charge is -2.22. The molecule has 2 aromatic rings. The highest BCUT2D eigenvalue weighted by Crippen LogP contribution is 2.37. The second kappa shape index (κ2) is 6.41. The van der Waals surface area contributed by atoms with Crippen LogP contribution in [-0.2, 0) is 11.3 Å². The average Bonchev–Trinajstić information content (AvgIpc) is 2.90. The van der Waals surface area contributed by atoms with E-state index in [0.717, 1.165) is 23.2 Å². The number of hydrogen-bond acceptors (Lipinski definition) is 5. The summed E-state index contributed by atoms with van der Waals surface area (Å²) < 4.78 is 1.31. The van der Waals surface area contributed by atoms with Gasteiger partial charge in [0.1, 0.15) is 18.9 Å². The number of aromatic nitrogens is 2. The highest BCUT2D eigenvalue weighted by Gasteiger charge is 2.24. The van der Waals surface area contributed by atoms with Crippen molar-refractivity contribution in [3.8, 4) is 0 Å². The fraction of sp³-hybridized carbons (Fsp3) is 0.333. The van der Waals surface area contributed by atoms with Crippen molar-refractivity contribution in [2.75, 3.05) is 11.4 Å². The normalized spacial score (nSPS) is 17.4. The summed E-state index contributed by atoms with van der Waals surface area (Å²) in [7, 11) is 0. The van der Waals surface area contributed by atoms with Crippen LogP contribution < -0.4 is 4.90 Å². The van der Waals surface area contributed by atoms with Crippen LogP contribution >= 0.6 is 11.8 Å². The van der Waals surface area contributed by atoms with Gasteiger partial charge >= 0.3 is 5.69 Å². The summed E-state index contributed by atoms with van der Waals surface area (Å²) >= 11 is 1.76. The summed E-state index contributed by atoms with van der Waals surface area (Å²) in [5, 5.41) is 15.0. The summed E-state index contributed by atoms with van der Waals surface area (Å²) in [6.07, 6.45) is 3.32. The van der Waals surface area contributed by atoms with Gasteiger partial charge in [0.2, 0.25) is 5.91 Å². The largest absolute Gasteiger partial charge is 0.310 e. The maximum absolute atomic E-state index is 12.7. The van der Waals surface area contributed by atoms with Crippen molar-refractivity contribution in [2.24, 2.45) is 0 Å². The molecule has 7 nitrogen and oxygen atoms in total. The van der Waals surface area contributed by atoms with Crippen molar-refractivity contribution in [1.29, 1.82) is 0 Å². The van der Waals surface area contributed by atoms with Gasteiger partial charge in [-0.1, -0.05) is 19.1 Å². The lowest BCUT2D eigenvalue weighted by atomic mass is 10.2. The molecule has 120 valence electrons. The monoisotopic (exact) mass is 332 g/mol. The number of fused-ring (bicyclic) bond motifs is 1. The molecule has 1 aromatic carbocycles. The molecule has 23 heavy (non-hydrogen) atoms. The minimum Gasteiger partial charge on any atom is -0.310 e. The lowest BCUT2D eigenvalue weighted by Crippen LogP contribution is -2.35. The van der Waals surface area contributed by atoms with Gasteiger partial charge in [0.05, 0.1) is 10.6 Å². The SMILES string of the molecule is CC1CCN(C(=O)Cn2cc([N+](=O)[O-])cn2)c2ccccc2S1. The third-order valence-corrected chi connectivity index (χ3v) is 4.91. The van der Waals surface area contributed by atoms with E-state index in [1.165, 1.54) is 10.9 Å². The first kappa shape index (κ1) is 15.5. The van der Waals surface area contributed by atoms with Gasteiger partial charge in [-0.05, 0) is 18.6 Å². The van der Waals surface area contributed by atoms with E-state index in [2.05, 4.69) is 12.0 Å². The maximum atomic E-state index is 12.7. The first-order valence-electron chi connectivity index (χ1n) is 7.27. The molecule has 0 N–H and O–H groups in total.